The molecule has 2 aliphatic heterocycles. The second-order valence-electron chi connectivity index (χ2n) is 21.1. The molecule has 75 heavy (non-hydrogen) atoms. The van der Waals surface area contributed by atoms with Crippen LogP contribution in [0.3, 0.4) is 0 Å². The normalized spacial score (nSPS) is 14.7. The highest BCUT2D eigenvalue weighted by molar-refractivity contribution is 6.94. The summed E-state index contributed by atoms with van der Waals surface area (Å²) in [4.78, 5) is 0. The van der Waals surface area contributed by atoms with Crippen LogP contribution in [0.2, 0.25) is 0 Å². The minimum absolute atomic E-state index is 0.0953. The molecule has 1 spiro atoms. The first-order valence-electron chi connectivity index (χ1n) is 26.6. The van der Waals surface area contributed by atoms with Crippen LogP contribution in [0.4, 0.5) is 34.1 Å². The van der Waals surface area contributed by atoms with E-state index < -0.39 is 8.56 Å². The monoisotopic (exact) mass is 979 g/mol. The third-order valence-corrected chi connectivity index (χ3v) is 21.3. The Morgan fingerprint density at radius 3 is 1.07 bits per heavy atom. The number of fused-ring (bicyclic) bond motifs is 14. The Labute approximate surface area is 441 Å². The van der Waals surface area contributed by atoms with Gasteiger partial charge in [0.05, 0.1) is 0 Å². The number of aryl methyl sites for hydroxylation is 5. The quantitative estimate of drug-likeness (QED) is 0.154. The van der Waals surface area contributed by atoms with Gasteiger partial charge < -0.3 is 13.7 Å². The van der Waals surface area contributed by atoms with Crippen molar-refractivity contribution in [3.63, 3.8) is 0 Å². The van der Waals surface area contributed by atoms with E-state index >= 15 is 0 Å². The van der Waals surface area contributed by atoms with Gasteiger partial charge in [-0.25, -0.2) is 0 Å². The maximum absolute atomic E-state index is 4.00. The third-order valence-electron chi connectivity index (χ3n) is 16.3. The second-order valence-corrected chi connectivity index (χ2v) is 24.5. The highest BCUT2D eigenvalue weighted by Crippen LogP contribution is 2.63. The van der Waals surface area contributed by atoms with E-state index in [2.05, 4.69) is 284 Å². The second kappa shape index (κ2) is 17.8. The van der Waals surface area contributed by atoms with Gasteiger partial charge in [0, 0.05) is 56.4 Å². The fraction of sp³-hybridized carbons (Fsp3) is 0.0986. The lowest BCUT2D eigenvalue weighted by molar-refractivity contribution is 0.750. The lowest BCUT2D eigenvalue weighted by Crippen LogP contribution is -2.76. The van der Waals surface area contributed by atoms with Crippen LogP contribution < -0.4 is 13.7 Å². The molecule has 360 valence electrons. The van der Waals surface area contributed by atoms with Crippen molar-refractivity contribution in [1.82, 2.24) is 0 Å². The van der Waals surface area contributed by atoms with E-state index in [0.717, 1.165) is 12.8 Å². The molecule has 12 aromatic rings. The fourth-order valence-electron chi connectivity index (χ4n) is 13.3. The van der Waals surface area contributed by atoms with Gasteiger partial charge in [-0.15, -0.1) is 0 Å². The summed E-state index contributed by atoms with van der Waals surface area (Å²) in [5.74, 6) is 0. The molecule has 0 saturated heterocycles. The highest BCUT2D eigenvalue weighted by Gasteiger charge is 2.64. The maximum Gasteiger partial charge on any atom is 0.401 e. The summed E-state index contributed by atoms with van der Waals surface area (Å²) < 4.78 is 8.85. The molecule has 0 N–H and O–H groups in total. The van der Waals surface area contributed by atoms with Gasteiger partial charge in [0.25, 0.3) is 0 Å². The summed E-state index contributed by atoms with van der Waals surface area (Å²) in [5.41, 5.74) is 19.9. The number of hydrogen-bond acceptors (Lipinski definition) is 3. The highest BCUT2D eigenvalue weighted by atomic mass is 28.4. The first kappa shape index (κ1) is 45.0. The topological polar surface area (TPSA) is 9.72 Å². The van der Waals surface area contributed by atoms with Gasteiger partial charge in [-0.2, -0.15) is 0 Å². The minimum atomic E-state index is -4.00. The molecule has 3 nitrogen and oxygen atoms in total. The molecule has 1 unspecified atom stereocenters. The Bertz CT molecular complexity index is 4030. The maximum atomic E-state index is 2.95. The van der Waals surface area contributed by atoms with E-state index in [1.165, 1.54) is 133 Å². The predicted molar refractivity (Wildman–Crippen MR) is 322 cm³/mol. The Kier molecular flexibility index (Phi) is 10.6. The van der Waals surface area contributed by atoms with Crippen molar-refractivity contribution in [2.24, 2.45) is 0 Å². The van der Waals surface area contributed by atoms with E-state index in [-0.39, 0.29) is 5.54 Å². The molecule has 1 atom stereocenters. The molecule has 0 aromatic heterocycles. The lowest BCUT2D eigenvalue weighted by Gasteiger charge is -2.57. The molecule has 0 aliphatic carbocycles. The Balaban J connectivity index is 1.30. The summed E-state index contributed by atoms with van der Waals surface area (Å²) in [6, 6.07) is 93.6. The number of rotatable bonds is 6. The zero-order valence-electron chi connectivity index (χ0n) is 42.9. The van der Waals surface area contributed by atoms with Crippen molar-refractivity contribution < 1.29 is 0 Å². The summed E-state index contributed by atoms with van der Waals surface area (Å²) in [6.07, 6.45) is 1.75. The minimum Gasteiger partial charge on any atom is -0.332 e. The molecule has 0 radical (unpaired) electrons. The van der Waals surface area contributed by atoms with Crippen molar-refractivity contribution in [3.05, 3.63) is 276 Å². The molecule has 0 amide bonds. The molecule has 4 heteroatoms. The van der Waals surface area contributed by atoms with Crippen LogP contribution in [0.25, 0.3) is 65.3 Å². The van der Waals surface area contributed by atoms with Crippen LogP contribution in [0.15, 0.2) is 243 Å². The van der Waals surface area contributed by atoms with Crippen molar-refractivity contribution in [3.8, 4) is 22.3 Å². The molecule has 14 rings (SSSR count). The van der Waals surface area contributed by atoms with Crippen molar-refractivity contribution >= 4 is 85.8 Å². The van der Waals surface area contributed by atoms with Crippen LogP contribution in [-0.2, 0) is 6.42 Å². The average molecular weight is 980 g/mol. The van der Waals surface area contributed by atoms with E-state index in [0.29, 0.717) is 0 Å². The molecular weight excluding hydrogens is 923 g/mol. The van der Waals surface area contributed by atoms with E-state index in [4.69, 9.17) is 0 Å². The van der Waals surface area contributed by atoms with Crippen LogP contribution in [0.5, 0.6) is 0 Å². The smallest absolute Gasteiger partial charge is 0.332 e. The SMILES string of the molecule is Cc1cccc(CCC2c3ccc4ccccc4c3-c3c(ccc4ccccc34)N(c3cccc(C)c3)[Si]23N(c2cccc(C)c2)c2ccc4ccccc4c2-c2c(ccc4ccccc24)N3c2cccc(C)c2)c1. The van der Waals surface area contributed by atoms with Gasteiger partial charge in [-0.1, -0.05) is 194 Å². The zero-order chi connectivity index (χ0) is 50.4. The fourth-order valence-corrected chi connectivity index (χ4v) is 19.2. The van der Waals surface area contributed by atoms with Crippen LogP contribution in [0, 0.1) is 27.7 Å². The van der Waals surface area contributed by atoms with Crippen LogP contribution in [-0.4, -0.2) is 8.56 Å². The Morgan fingerprint density at radius 2 is 0.667 bits per heavy atom. The molecule has 12 aromatic carbocycles. The Morgan fingerprint density at radius 1 is 0.320 bits per heavy atom. The average Bonchev–Trinajstić information content (AvgIpc) is 3.65. The number of anilines is 6. The summed E-state index contributed by atoms with van der Waals surface area (Å²) in [6.45, 7) is 9.03. The van der Waals surface area contributed by atoms with Crippen molar-refractivity contribution in [2.75, 3.05) is 13.7 Å². The lowest BCUT2D eigenvalue weighted by atomic mass is 9.87. The van der Waals surface area contributed by atoms with Gasteiger partial charge in [-0.3, -0.25) is 0 Å². The van der Waals surface area contributed by atoms with Gasteiger partial charge >= 0.3 is 8.56 Å². The number of nitrogens with zero attached hydrogens (tertiary/aromatic N) is 3. The largest absolute Gasteiger partial charge is 0.401 e. The van der Waals surface area contributed by atoms with E-state index in [9.17, 15) is 0 Å². The first-order valence-corrected chi connectivity index (χ1v) is 28.5. The summed E-state index contributed by atoms with van der Waals surface area (Å²) in [7, 11) is -4.00. The zero-order valence-corrected chi connectivity index (χ0v) is 43.9. The predicted octanol–water partition coefficient (Wildman–Crippen LogP) is 19.2. The molecule has 2 aliphatic rings. The molecule has 2 heterocycles. The van der Waals surface area contributed by atoms with Crippen molar-refractivity contribution in [2.45, 2.75) is 46.1 Å². The van der Waals surface area contributed by atoms with Crippen LogP contribution in [0.1, 0.15) is 45.3 Å². The van der Waals surface area contributed by atoms with Gasteiger partial charge in [-0.05, 0) is 172 Å². The number of benzene rings is 12. The van der Waals surface area contributed by atoms with Crippen molar-refractivity contribution in [1.29, 1.82) is 0 Å². The Hall–Kier alpha value is -8.70. The molecular formula is C71H57N3Si. The van der Waals surface area contributed by atoms with E-state index in [1.807, 2.05) is 0 Å². The van der Waals surface area contributed by atoms with Gasteiger partial charge in [0.1, 0.15) is 0 Å². The molecule has 0 bridgehead atoms. The molecule has 0 saturated carbocycles. The number of hydrogen-bond donors (Lipinski definition) is 0. The van der Waals surface area contributed by atoms with Gasteiger partial charge in [0.2, 0.25) is 0 Å². The summed E-state index contributed by atoms with van der Waals surface area (Å²) in [5, 5.41) is 9.93. The van der Waals surface area contributed by atoms with Crippen LogP contribution >= 0.6 is 0 Å². The molecule has 0 fully saturated rings. The summed E-state index contributed by atoms with van der Waals surface area (Å²) >= 11 is 0. The van der Waals surface area contributed by atoms with E-state index in [1.54, 1.807) is 0 Å². The first-order chi connectivity index (χ1) is 36.8. The van der Waals surface area contributed by atoms with Gasteiger partial charge in [0.15, 0.2) is 0 Å². The third kappa shape index (κ3) is 7.07. The standard InChI is InChI=1S/C71H57N3Si/c1-47-17-13-21-51(43-47)33-42-67-63-38-34-52-22-5-9-29-59(52)68(63)69-60-30-10-6-23-53(60)35-39-64(69)72(56-26-14-18-48(2)44-56)75(67)73(57-27-15-19-49(3)45-57)65-40-36-54-24-7-11-31-61(54)70(65)71-62-32-12-8-25-55(62)37-41-66(71)74(75)58-28-16-20-50(4)46-58/h5-32,34-41,43-46,67H,33,42H2,1-4H3.